The highest BCUT2D eigenvalue weighted by molar-refractivity contribution is 5.48. The van der Waals surface area contributed by atoms with Gasteiger partial charge in [-0.1, -0.05) is 30.3 Å². The molecule has 1 saturated heterocycles. The van der Waals surface area contributed by atoms with Gasteiger partial charge in [0.1, 0.15) is 11.6 Å². The SMILES string of the molecule is Cc1nc(Nc2ncccn2)cc([C@H]2CCCN2Cc2ccccc2)n1. The minimum Gasteiger partial charge on any atom is -0.309 e. The Morgan fingerprint density at radius 3 is 2.69 bits per heavy atom. The van der Waals surface area contributed by atoms with E-state index in [1.165, 1.54) is 12.0 Å². The number of nitrogens with zero attached hydrogens (tertiary/aromatic N) is 5. The molecule has 1 fully saturated rings. The summed E-state index contributed by atoms with van der Waals surface area (Å²) in [6.07, 6.45) is 5.72. The fourth-order valence-corrected chi connectivity index (χ4v) is 3.47. The van der Waals surface area contributed by atoms with E-state index < -0.39 is 0 Å². The molecule has 0 aliphatic carbocycles. The average molecular weight is 346 g/mol. The number of rotatable bonds is 5. The zero-order valence-electron chi connectivity index (χ0n) is 14.8. The van der Waals surface area contributed by atoms with Gasteiger partial charge in [-0.3, -0.25) is 4.90 Å². The maximum Gasteiger partial charge on any atom is 0.228 e. The highest BCUT2D eigenvalue weighted by Gasteiger charge is 2.27. The first-order valence-corrected chi connectivity index (χ1v) is 8.95. The maximum atomic E-state index is 4.72. The fraction of sp³-hybridized carbons (Fsp3) is 0.300. The lowest BCUT2D eigenvalue weighted by Crippen LogP contribution is -2.24. The van der Waals surface area contributed by atoms with Crippen LogP contribution >= 0.6 is 0 Å². The number of aromatic nitrogens is 4. The number of nitrogens with one attached hydrogen (secondary N) is 1. The first-order chi connectivity index (χ1) is 12.8. The van der Waals surface area contributed by atoms with Crippen molar-refractivity contribution in [2.75, 3.05) is 11.9 Å². The van der Waals surface area contributed by atoms with E-state index in [2.05, 4.69) is 55.5 Å². The van der Waals surface area contributed by atoms with E-state index in [0.717, 1.165) is 36.8 Å². The van der Waals surface area contributed by atoms with Gasteiger partial charge < -0.3 is 5.32 Å². The summed E-state index contributed by atoms with van der Waals surface area (Å²) in [4.78, 5) is 20.1. The molecule has 132 valence electrons. The van der Waals surface area contributed by atoms with Crippen LogP contribution in [0.3, 0.4) is 0 Å². The number of hydrogen-bond donors (Lipinski definition) is 1. The molecular weight excluding hydrogens is 324 g/mol. The number of likely N-dealkylation sites (tertiary alicyclic amines) is 1. The molecule has 1 aliphatic heterocycles. The van der Waals surface area contributed by atoms with Crippen LogP contribution in [-0.4, -0.2) is 31.4 Å². The van der Waals surface area contributed by atoms with Crippen LogP contribution in [0.1, 0.15) is 36.0 Å². The van der Waals surface area contributed by atoms with Crippen LogP contribution < -0.4 is 5.32 Å². The number of benzene rings is 1. The van der Waals surface area contributed by atoms with Crippen molar-refractivity contribution in [3.8, 4) is 0 Å². The number of aryl methyl sites for hydroxylation is 1. The van der Waals surface area contributed by atoms with Gasteiger partial charge >= 0.3 is 0 Å². The van der Waals surface area contributed by atoms with Gasteiger partial charge in [-0.2, -0.15) is 0 Å². The molecule has 6 nitrogen and oxygen atoms in total. The van der Waals surface area contributed by atoms with Crippen molar-refractivity contribution in [3.63, 3.8) is 0 Å². The highest BCUT2D eigenvalue weighted by atomic mass is 15.2. The monoisotopic (exact) mass is 346 g/mol. The summed E-state index contributed by atoms with van der Waals surface area (Å²) in [5.74, 6) is 2.04. The summed E-state index contributed by atoms with van der Waals surface area (Å²) in [5.41, 5.74) is 2.39. The quantitative estimate of drug-likeness (QED) is 0.760. The van der Waals surface area contributed by atoms with Crippen molar-refractivity contribution in [1.29, 1.82) is 0 Å². The van der Waals surface area contributed by atoms with Crippen molar-refractivity contribution in [2.24, 2.45) is 0 Å². The van der Waals surface area contributed by atoms with E-state index in [4.69, 9.17) is 4.98 Å². The van der Waals surface area contributed by atoms with Crippen molar-refractivity contribution in [2.45, 2.75) is 32.4 Å². The Hall–Kier alpha value is -2.86. The van der Waals surface area contributed by atoms with E-state index in [1.807, 2.05) is 13.0 Å². The van der Waals surface area contributed by atoms with Crippen molar-refractivity contribution < 1.29 is 0 Å². The van der Waals surface area contributed by atoms with Crippen LogP contribution in [0.2, 0.25) is 0 Å². The highest BCUT2D eigenvalue weighted by Crippen LogP contribution is 2.33. The number of anilines is 2. The second kappa shape index (κ2) is 7.58. The van der Waals surface area contributed by atoms with Gasteiger partial charge in [0.25, 0.3) is 0 Å². The van der Waals surface area contributed by atoms with Gasteiger partial charge in [0.2, 0.25) is 5.95 Å². The molecule has 26 heavy (non-hydrogen) atoms. The summed E-state index contributed by atoms with van der Waals surface area (Å²) in [5, 5.41) is 3.18. The van der Waals surface area contributed by atoms with Crippen LogP contribution in [0.15, 0.2) is 54.9 Å². The molecule has 0 amide bonds. The van der Waals surface area contributed by atoms with Crippen LogP contribution in [0.4, 0.5) is 11.8 Å². The molecule has 1 aliphatic rings. The summed E-state index contributed by atoms with van der Waals surface area (Å²) < 4.78 is 0. The predicted molar refractivity (Wildman–Crippen MR) is 101 cm³/mol. The minimum atomic E-state index is 0.314. The van der Waals surface area contributed by atoms with Gasteiger partial charge in [0.05, 0.1) is 11.7 Å². The molecule has 0 unspecified atom stereocenters. The van der Waals surface area contributed by atoms with Crippen molar-refractivity contribution >= 4 is 11.8 Å². The Kier molecular flexibility index (Phi) is 4.84. The van der Waals surface area contributed by atoms with E-state index in [-0.39, 0.29) is 0 Å². The lowest BCUT2D eigenvalue weighted by molar-refractivity contribution is 0.244. The Morgan fingerprint density at radius 1 is 1.08 bits per heavy atom. The van der Waals surface area contributed by atoms with Gasteiger partial charge in [-0.15, -0.1) is 0 Å². The van der Waals surface area contributed by atoms with Gasteiger partial charge in [0.15, 0.2) is 0 Å². The van der Waals surface area contributed by atoms with Crippen molar-refractivity contribution in [1.82, 2.24) is 24.8 Å². The largest absolute Gasteiger partial charge is 0.309 e. The second-order valence-corrected chi connectivity index (χ2v) is 6.54. The molecule has 1 aromatic carbocycles. The van der Waals surface area contributed by atoms with Crippen LogP contribution in [0.25, 0.3) is 0 Å². The zero-order valence-corrected chi connectivity index (χ0v) is 14.8. The second-order valence-electron chi connectivity index (χ2n) is 6.54. The molecule has 1 atom stereocenters. The topological polar surface area (TPSA) is 66.8 Å². The molecule has 0 saturated carbocycles. The Labute approximate surface area is 153 Å². The summed E-state index contributed by atoms with van der Waals surface area (Å²) >= 11 is 0. The lowest BCUT2D eigenvalue weighted by atomic mass is 10.1. The van der Waals surface area contributed by atoms with Gasteiger partial charge in [0, 0.05) is 25.0 Å². The molecule has 2 aromatic heterocycles. The van der Waals surface area contributed by atoms with Crippen LogP contribution in [0.5, 0.6) is 0 Å². The Morgan fingerprint density at radius 2 is 1.88 bits per heavy atom. The standard InChI is InChI=1S/C20H22N6/c1-15-23-17(13-19(24-15)25-20-21-10-6-11-22-20)18-9-5-12-26(18)14-16-7-3-2-4-8-16/h2-4,6-8,10-11,13,18H,5,9,12,14H2,1H3,(H,21,22,23,24,25)/t18-/m1/s1. The normalized spacial score (nSPS) is 17.3. The van der Waals surface area contributed by atoms with E-state index in [1.54, 1.807) is 18.5 Å². The first kappa shape index (κ1) is 16.6. The number of hydrogen-bond acceptors (Lipinski definition) is 6. The van der Waals surface area contributed by atoms with E-state index in [0.29, 0.717) is 12.0 Å². The fourth-order valence-electron chi connectivity index (χ4n) is 3.47. The zero-order chi connectivity index (χ0) is 17.8. The third-order valence-corrected chi connectivity index (χ3v) is 4.60. The third-order valence-electron chi connectivity index (χ3n) is 4.60. The molecule has 0 bridgehead atoms. The molecule has 3 aromatic rings. The Bertz CT molecular complexity index is 853. The molecular formula is C20H22N6. The van der Waals surface area contributed by atoms with Crippen molar-refractivity contribution in [3.05, 3.63) is 71.9 Å². The van der Waals surface area contributed by atoms with Crippen LogP contribution in [0, 0.1) is 6.92 Å². The minimum absolute atomic E-state index is 0.314. The maximum absolute atomic E-state index is 4.72. The molecule has 6 heteroatoms. The predicted octanol–water partition coefficient (Wildman–Crippen LogP) is 3.66. The average Bonchev–Trinajstić information content (AvgIpc) is 3.11. The van der Waals surface area contributed by atoms with Crippen LogP contribution in [-0.2, 0) is 6.54 Å². The molecule has 0 spiro atoms. The lowest BCUT2D eigenvalue weighted by Gasteiger charge is -2.24. The smallest absolute Gasteiger partial charge is 0.228 e. The van der Waals surface area contributed by atoms with Gasteiger partial charge in [-0.25, -0.2) is 19.9 Å². The third kappa shape index (κ3) is 3.86. The van der Waals surface area contributed by atoms with Gasteiger partial charge in [-0.05, 0) is 37.9 Å². The molecule has 3 heterocycles. The summed E-state index contributed by atoms with van der Waals surface area (Å²) in [6, 6.07) is 14.7. The summed E-state index contributed by atoms with van der Waals surface area (Å²) in [6.45, 7) is 3.96. The summed E-state index contributed by atoms with van der Waals surface area (Å²) in [7, 11) is 0. The first-order valence-electron chi connectivity index (χ1n) is 8.95. The molecule has 0 radical (unpaired) electrons. The molecule has 4 rings (SSSR count). The van der Waals surface area contributed by atoms with E-state index >= 15 is 0 Å². The molecule has 1 N–H and O–H groups in total. The van der Waals surface area contributed by atoms with E-state index in [9.17, 15) is 0 Å². The Balaban J connectivity index is 1.56.